The average Bonchev–Trinajstić information content (AvgIpc) is 2.64. The molecule has 164 valence electrons. The quantitative estimate of drug-likeness (QED) is 0.594. The Bertz CT molecular complexity index is 489. The Morgan fingerprint density at radius 1 is 1.04 bits per heavy atom. The molecule has 4 nitrogen and oxygen atoms in total. The Morgan fingerprint density at radius 2 is 1.68 bits per heavy atom. The minimum absolute atomic E-state index is 0. The Labute approximate surface area is 178 Å². The summed E-state index contributed by atoms with van der Waals surface area (Å²) in [4.78, 5) is 25.3. The molecule has 0 radical (unpaired) electrons. The van der Waals surface area contributed by atoms with E-state index in [0.717, 1.165) is 25.7 Å². The molecule has 1 amide bonds. The summed E-state index contributed by atoms with van der Waals surface area (Å²) in [6, 6.07) is -0.387. The van der Waals surface area contributed by atoms with Crippen LogP contribution in [0.3, 0.4) is 0 Å². The number of hydrogen-bond acceptors (Lipinski definition) is 3. The largest absolute Gasteiger partial charge is 0.352 e. The molecule has 2 aliphatic rings. The molecule has 5 heteroatoms. The number of rotatable bonds is 8. The van der Waals surface area contributed by atoms with Crippen molar-refractivity contribution >= 4 is 24.1 Å². The van der Waals surface area contributed by atoms with Crippen LogP contribution in [0.25, 0.3) is 0 Å². The van der Waals surface area contributed by atoms with Crippen LogP contribution in [0.2, 0.25) is 0 Å². The molecule has 0 aliphatic heterocycles. The van der Waals surface area contributed by atoms with E-state index in [-0.39, 0.29) is 30.3 Å². The lowest BCUT2D eigenvalue weighted by molar-refractivity contribution is -0.128. The summed E-state index contributed by atoms with van der Waals surface area (Å²) in [7, 11) is 0. The van der Waals surface area contributed by atoms with Gasteiger partial charge in [-0.3, -0.25) is 9.59 Å². The van der Waals surface area contributed by atoms with Gasteiger partial charge >= 0.3 is 0 Å². The zero-order chi connectivity index (χ0) is 20.0. The molecule has 2 aliphatic carbocycles. The van der Waals surface area contributed by atoms with Gasteiger partial charge in [-0.1, -0.05) is 46.5 Å². The molecule has 3 N–H and O–H groups in total. The highest BCUT2D eigenvalue weighted by molar-refractivity contribution is 5.85. The summed E-state index contributed by atoms with van der Waals surface area (Å²) in [5.74, 6) is 2.81. The summed E-state index contributed by atoms with van der Waals surface area (Å²) in [5, 5.41) is 3.17. The van der Waals surface area contributed by atoms with Crippen molar-refractivity contribution < 1.29 is 9.59 Å². The molecule has 0 aromatic rings. The predicted molar refractivity (Wildman–Crippen MR) is 118 cm³/mol. The van der Waals surface area contributed by atoms with E-state index in [2.05, 4.69) is 26.1 Å². The zero-order valence-electron chi connectivity index (χ0n) is 18.4. The second-order valence-electron chi connectivity index (χ2n) is 9.74. The van der Waals surface area contributed by atoms with E-state index in [9.17, 15) is 9.59 Å². The highest BCUT2D eigenvalue weighted by Gasteiger charge is 2.35. The van der Waals surface area contributed by atoms with E-state index in [1.54, 1.807) is 6.92 Å². The maximum absolute atomic E-state index is 13.1. The summed E-state index contributed by atoms with van der Waals surface area (Å²) in [5.41, 5.74) is 5.77. The minimum Gasteiger partial charge on any atom is -0.352 e. The SMILES string of the molecule is CC(C)[C@@H]1CC[C@@H](C)C[C@H]1C(=O)CC[C@@H](NC(=O)[C@H](C)N)C1CCCCC1.Cl. The molecule has 0 spiro atoms. The molecule has 0 aromatic heterocycles. The molecular weight excluding hydrogens is 372 g/mol. The van der Waals surface area contributed by atoms with Crippen molar-refractivity contribution in [2.24, 2.45) is 35.3 Å². The average molecular weight is 415 g/mol. The number of carbonyl (C=O) groups excluding carboxylic acids is 2. The van der Waals surface area contributed by atoms with Gasteiger partial charge in [-0.25, -0.2) is 0 Å². The van der Waals surface area contributed by atoms with Gasteiger partial charge in [0, 0.05) is 18.4 Å². The molecule has 0 aromatic carbocycles. The maximum atomic E-state index is 13.1. The molecule has 0 heterocycles. The molecule has 28 heavy (non-hydrogen) atoms. The Balaban J connectivity index is 0.00000392. The summed E-state index contributed by atoms with van der Waals surface area (Å²) in [6.45, 7) is 8.53. The van der Waals surface area contributed by atoms with Gasteiger partial charge in [-0.2, -0.15) is 0 Å². The van der Waals surface area contributed by atoms with Crippen LogP contribution < -0.4 is 11.1 Å². The van der Waals surface area contributed by atoms with Crippen LogP contribution in [-0.4, -0.2) is 23.8 Å². The predicted octanol–water partition coefficient (Wildman–Crippen LogP) is 4.88. The lowest BCUT2D eigenvalue weighted by atomic mass is 9.68. The van der Waals surface area contributed by atoms with Crippen LogP contribution in [0, 0.1) is 29.6 Å². The number of amides is 1. The van der Waals surface area contributed by atoms with Crippen molar-refractivity contribution in [3.05, 3.63) is 0 Å². The van der Waals surface area contributed by atoms with Crippen LogP contribution in [0.5, 0.6) is 0 Å². The van der Waals surface area contributed by atoms with E-state index in [1.165, 1.54) is 32.1 Å². The first-order valence-corrected chi connectivity index (χ1v) is 11.4. The second-order valence-corrected chi connectivity index (χ2v) is 9.74. The zero-order valence-corrected chi connectivity index (χ0v) is 19.2. The van der Waals surface area contributed by atoms with Crippen molar-refractivity contribution in [3.63, 3.8) is 0 Å². The number of nitrogens with two attached hydrogens (primary N) is 1. The summed E-state index contributed by atoms with van der Waals surface area (Å²) in [6.07, 6.45) is 10.9. The van der Waals surface area contributed by atoms with Gasteiger partial charge in [0.25, 0.3) is 0 Å². The van der Waals surface area contributed by atoms with Gasteiger partial charge in [-0.05, 0) is 62.7 Å². The van der Waals surface area contributed by atoms with Gasteiger partial charge in [-0.15, -0.1) is 12.4 Å². The maximum Gasteiger partial charge on any atom is 0.236 e. The lowest BCUT2D eigenvalue weighted by Gasteiger charge is -2.37. The fourth-order valence-electron chi connectivity index (χ4n) is 5.33. The van der Waals surface area contributed by atoms with Gasteiger partial charge in [0.15, 0.2) is 0 Å². The number of hydrogen-bond donors (Lipinski definition) is 2. The third-order valence-corrected chi connectivity index (χ3v) is 7.10. The third-order valence-electron chi connectivity index (χ3n) is 7.10. The van der Waals surface area contributed by atoms with E-state index in [0.29, 0.717) is 35.9 Å². The molecule has 2 fully saturated rings. The van der Waals surface area contributed by atoms with Crippen LogP contribution in [-0.2, 0) is 9.59 Å². The van der Waals surface area contributed by atoms with Crippen molar-refractivity contribution in [2.75, 3.05) is 0 Å². The highest BCUT2D eigenvalue weighted by atomic mass is 35.5. The lowest BCUT2D eigenvalue weighted by Crippen LogP contribution is -2.47. The smallest absolute Gasteiger partial charge is 0.236 e. The first-order valence-electron chi connectivity index (χ1n) is 11.4. The second kappa shape index (κ2) is 12.2. The standard InChI is InChI=1S/C23H42N2O2.ClH/c1-15(2)19-11-10-16(3)14-20(19)22(26)13-12-21(25-23(27)17(4)24)18-8-6-5-7-9-18;/h15-21H,5-14,24H2,1-4H3,(H,25,27);1H/t16-,17+,19+,20-,21-;/m1./s1. The first-order chi connectivity index (χ1) is 12.8. The van der Waals surface area contributed by atoms with Gasteiger partial charge in [0.1, 0.15) is 5.78 Å². The topological polar surface area (TPSA) is 72.2 Å². The number of halogens is 1. The van der Waals surface area contributed by atoms with E-state index < -0.39 is 6.04 Å². The van der Waals surface area contributed by atoms with Crippen molar-refractivity contribution in [2.45, 2.75) is 104 Å². The Hall–Kier alpha value is -0.610. The van der Waals surface area contributed by atoms with Crippen LogP contribution in [0.15, 0.2) is 0 Å². The fourth-order valence-corrected chi connectivity index (χ4v) is 5.33. The van der Waals surface area contributed by atoms with Crippen molar-refractivity contribution in [1.29, 1.82) is 0 Å². The highest BCUT2D eigenvalue weighted by Crippen LogP contribution is 2.39. The van der Waals surface area contributed by atoms with Gasteiger partial charge < -0.3 is 11.1 Å². The number of carbonyl (C=O) groups is 2. The monoisotopic (exact) mass is 414 g/mol. The number of ketones is 1. The molecular formula is C23H43ClN2O2. The first kappa shape index (κ1) is 25.4. The van der Waals surface area contributed by atoms with Gasteiger partial charge in [0.05, 0.1) is 6.04 Å². The summed E-state index contributed by atoms with van der Waals surface area (Å²) < 4.78 is 0. The van der Waals surface area contributed by atoms with Crippen LogP contribution in [0.1, 0.15) is 91.9 Å². The molecule has 0 bridgehead atoms. The van der Waals surface area contributed by atoms with Gasteiger partial charge in [0.2, 0.25) is 5.91 Å². The Morgan fingerprint density at radius 3 is 2.25 bits per heavy atom. The molecule has 5 atom stereocenters. The summed E-state index contributed by atoms with van der Waals surface area (Å²) >= 11 is 0. The molecule has 2 rings (SSSR count). The molecule has 0 unspecified atom stereocenters. The molecule has 2 saturated carbocycles. The minimum atomic E-state index is -0.490. The Kier molecular flexibility index (Phi) is 11.1. The van der Waals surface area contributed by atoms with Crippen LogP contribution in [0.4, 0.5) is 0 Å². The number of nitrogens with one attached hydrogen (secondary N) is 1. The van der Waals surface area contributed by atoms with E-state index >= 15 is 0 Å². The normalized spacial score (nSPS) is 28.3. The number of Topliss-reactive ketones (excluding diaryl/α,β-unsaturated/α-hetero) is 1. The molecule has 0 saturated heterocycles. The van der Waals surface area contributed by atoms with Crippen molar-refractivity contribution in [1.82, 2.24) is 5.32 Å². The van der Waals surface area contributed by atoms with Crippen LogP contribution >= 0.6 is 12.4 Å². The van der Waals surface area contributed by atoms with E-state index in [4.69, 9.17) is 5.73 Å². The van der Waals surface area contributed by atoms with E-state index in [1.807, 2.05) is 0 Å². The fraction of sp³-hybridized carbons (Fsp3) is 0.913. The van der Waals surface area contributed by atoms with Crippen molar-refractivity contribution in [3.8, 4) is 0 Å². The third kappa shape index (κ3) is 7.33.